The fourth-order valence-corrected chi connectivity index (χ4v) is 3.01. The second kappa shape index (κ2) is 8.49. The Balaban J connectivity index is 1.56. The minimum absolute atomic E-state index is 0.235. The Labute approximate surface area is 167 Å². The van der Waals surface area contributed by atoms with Gasteiger partial charge in [-0.15, -0.1) is 24.5 Å². The fraction of sp³-hybridized carbons (Fsp3) is 0.111. The van der Waals surface area contributed by atoms with Crippen molar-refractivity contribution in [3.05, 3.63) is 70.2 Å². The SMILES string of the molecule is O=C(NCc1ccc(Cl)cc1)c1csc(Nc2ccc(OC(F)(F)F)cc2)n1. The number of thiazole rings is 1. The Morgan fingerprint density at radius 2 is 1.79 bits per heavy atom. The number of rotatable bonds is 6. The number of benzene rings is 2. The lowest BCUT2D eigenvalue weighted by Crippen LogP contribution is -2.23. The lowest BCUT2D eigenvalue weighted by Gasteiger charge is -2.09. The van der Waals surface area contributed by atoms with E-state index in [2.05, 4.69) is 20.4 Å². The minimum Gasteiger partial charge on any atom is -0.406 e. The Bertz CT molecular complexity index is 944. The molecule has 2 N–H and O–H groups in total. The number of amides is 1. The molecular formula is C18H13ClF3N3O2S. The molecule has 3 aromatic rings. The summed E-state index contributed by atoms with van der Waals surface area (Å²) in [6, 6.07) is 12.3. The predicted octanol–water partition coefficient (Wildman–Crippen LogP) is 5.37. The molecule has 146 valence electrons. The van der Waals surface area contributed by atoms with Crippen molar-refractivity contribution in [1.29, 1.82) is 0 Å². The molecule has 10 heteroatoms. The van der Waals surface area contributed by atoms with E-state index in [0.717, 1.165) is 5.56 Å². The number of carbonyl (C=O) groups excluding carboxylic acids is 1. The van der Waals surface area contributed by atoms with Gasteiger partial charge in [0.25, 0.3) is 5.91 Å². The van der Waals surface area contributed by atoms with Gasteiger partial charge >= 0.3 is 6.36 Å². The number of nitrogens with one attached hydrogen (secondary N) is 2. The summed E-state index contributed by atoms with van der Waals surface area (Å²) in [7, 11) is 0. The van der Waals surface area contributed by atoms with E-state index in [1.165, 1.54) is 35.6 Å². The average Bonchev–Trinajstić information content (AvgIpc) is 3.10. The van der Waals surface area contributed by atoms with Crippen LogP contribution in [0.15, 0.2) is 53.9 Å². The van der Waals surface area contributed by atoms with Crippen LogP contribution in [0.1, 0.15) is 16.1 Å². The van der Waals surface area contributed by atoms with Crippen LogP contribution in [0.25, 0.3) is 0 Å². The molecule has 3 rings (SSSR count). The molecule has 0 aliphatic carbocycles. The molecule has 0 saturated heterocycles. The fourth-order valence-electron chi connectivity index (χ4n) is 2.17. The number of hydrogen-bond donors (Lipinski definition) is 2. The quantitative estimate of drug-likeness (QED) is 0.555. The first kappa shape index (κ1) is 20.0. The van der Waals surface area contributed by atoms with Gasteiger partial charge in [0.1, 0.15) is 11.4 Å². The van der Waals surface area contributed by atoms with E-state index >= 15 is 0 Å². The van der Waals surface area contributed by atoms with Crippen LogP contribution >= 0.6 is 22.9 Å². The lowest BCUT2D eigenvalue weighted by atomic mass is 10.2. The molecule has 0 spiro atoms. The molecule has 0 saturated carbocycles. The van der Waals surface area contributed by atoms with Crippen LogP contribution in [0.5, 0.6) is 5.75 Å². The summed E-state index contributed by atoms with van der Waals surface area (Å²) in [4.78, 5) is 16.4. The van der Waals surface area contributed by atoms with E-state index in [1.807, 2.05) is 12.1 Å². The highest BCUT2D eigenvalue weighted by Gasteiger charge is 2.30. The number of nitrogens with zero attached hydrogens (tertiary/aromatic N) is 1. The van der Waals surface area contributed by atoms with Gasteiger partial charge in [-0.05, 0) is 42.0 Å². The van der Waals surface area contributed by atoms with Crippen LogP contribution in [0.4, 0.5) is 24.0 Å². The Kier molecular flexibility index (Phi) is 6.05. The predicted molar refractivity (Wildman–Crippen MR) is 101 cm³/mol. The molecule has 0 aliphatic heterocycles. The summed E-state index contributed by atoms with van der Waals surface area (Å²) in [6.45, 7) is 0.330. The Hall–Kier alpha value is -2.78. The molecule has 0 bridgehead atoms. The van der Waals surface area contributed by atoms with Gasteiger partial charge < -0.3 is 15.4 Å². The van der Waals surface area contributed by atoms with Gasteiger partial charge in [-0.25, -0.2) is 4.98 Å². The molecule has 0 unspecified atom stereocenters. The molecule has 1 aromatic heterocycles. The van der Waals surface area contributed by atoms with Crippen LogP contribution in [0.3, 0.4) is 0 Å². The maximum absolute atomic E-state index is 12.2. The van der Waals surface area contributed by atoms with Crippen LogP contribution in [-0.2, 0) is 6.54 Å². The van der Waals surface area contributed by atoms with Gasteiger partial charge in [0, 0.05) is 22.6 Å². The maximum atomic E-state index is 12.2. The van der Waals surface area contributed by atoms with Crippen molar-refractivity contribution in [1.82, 2.24) is 10.3 Å². The van der Waals surface area contributed by atoms with Crippen molar-refractivity contribution in [3.8, 4) is 5.75 Å². The lowest BCUT2D eigenvalue weighted by molar-refractivity contribution is -0.274. The van der Waals surface area contributed by atoms with Gasteiger partial charge in [-0.3, -0.25) is 4.79 Å². The third kappa shape index (κ3) is 5.86. The molecule has 5 nitrogen and oxygen atoms in total. The second-order valence-electron chi connectivity index (χ2n) is 5.54. The standard InChI is InChI=1S/C18H13ClF3N3O2S/c19-12-3-1-11(2-4-12)9-23-16(26)15-10-28-17(25-15)24-13-5-7-14(8-6-13)27-18(20,21)22/h1-8,10H,9H2,(H,23,26)(H,24,25). The van der Waals surface area contributed by atoms with E-state index in [4.69, 9.17) is 11.6 Å². The van der Waals surface area contributed by atoms with Crippen molar-refractivity contribution in [2.45, 2.75) is 12.9 Å². The molecule has 0 atom stereocenters. The number of aromatic nitrogens is 1. The van der Waals surface area contributed by atoms with Crippen molar-refractivity contribution in [3.63, 3.8) is 0 Å². The van der Waals surface area contributed by atoms with Crippen molar-refractivity contribution < 1.29 is 22.7 Å². The van der Waals surface area contributed by atoms with E-state index < -0.39 is 6.36 Å². The van der Waals surface area contributed by atoms with Gasteiger partial charge in [0.05, 0.1) is 0 Å². The molecular weight excluding hydrogens is 415 g/mol. The highest BCUT2D eigenvalue weighted by molar-refractivity contribution is 7.14. The van der Waals surface area contributed by atoms with E-state index in [1.54, 1.807) is 17.5 Å². The summed E-state index contributed by atoms with van der Waals surface area (Å²) in [5, 5.41) is 8.31. The number of halogens is 4. The summed E-state index contributed by atoms with van der Waals surface area (Å²) in [5.74, 6) is -0.660. The van der Waals surface area contributed by atoms with E-state index in [-0.39, 0.29) is 17.4 Å². The first-order valence-corrected chi connectivity index (χ1v) is 9.15. The van der Waals surface area contributed by atoms with Gasteiger partial charge in [0.2, 0.25) is 0 Å². The average molecular weight is 428 g/mol. The topological polar surface area (TPSA) is 63.2 Å². The van der Waals surface area contributed by atoms with Crippen molar-refractivity contribution >= 4 is 39.7 Å². The monoisotopic (exact) mass is 427 g/mol. The Morgan fingerprint density at radius 1 is 1.11 bits per heavy atom. The molecule has 28 heavy (non-hydrogen) atoms. The molecule has 0 radical (unpaired) electrons. The van der Waals surface area contributed by atoms with Crippen LogP contribution in [0.2, 0.25) is 5.02 Å². The first-order valence-electron chi connectivity index (χ1n) is 7.89. The number of ether oxygens (including phenoxy) is 1. The maximum Gasteiger partial charge on any atom is 0.573 e. The van der Waals surface area contributed by atoms with E-state index in [0.29, 0.717) is 22.4 Å². The van der Waals surface area contributed by atoms with Gasteiger partial charge in [0.15, 0.2) is 5.13 Å². The third-order valence-electron chi connectivity index (χ3n) is 3.44. The van der Waals surface area contributed by atoms with Crippen molar-refractivity contribution in [2.24, 2.45) is 0 Å². The number of hydrogen-bond acceptors (Lipinski definition) is 5. The number of carbonyl (C=O) groups is 1. The normalized spacial score (nSPS) is 11.1. The molecule has 0 aliphatic rings. The Morgan fingerprint density at radius 3 is 2.43 bits per heavy atom. The van der Waals surface area contributed by atoms with Crippen LogP contribution in [0, 0.1) is 0 Å². The third-order valence-corrected chi connectivity index (χ3v) is 4.45. The summed E-state index contributed by atoms with van der Waals surface area (Å²) < 4.78 is 40.3. The summed E-state index contributed by atoms with van der Waals surface area (Å²) >= 11 is 7.02. The highest BCUT2D eigenvalue weighted by atomic mass is 35.5. The number of alkyl halides is 3. The van der Waals surface area contributed by atoms with Crippen LogP contribution < -0.4 is 15.4 Å². The molecule has 0 fully saturated rings. The van der Waals surface area contributed by atoms with E-state index in [9.17, 15) is 18.0 Å². The second-order valence-corrected chi connectivity index (χ2v) is 6.84. The van der Waals surface area contributed by atoms with Gasteiger partial charge in [-0.2, -0.15) is 0 Å². The van der Waals surface area contributed by atoms with Crippen molar-refractivity contribution in [2.75, 3.05) is 5.32 Å². The minimum atomic E-state index is -4.74. The largest absolute Gasteiger partial charge is 0.573 e. The zero-order chi connectivity index (χ0) is 20.1. The zero-order valence-corrected chi connectivity index (χ0v) is 15.7. The first-order chi connectivity index (χ1) is 13.3. The summed E-state index contributed by atoms with van der Waals surface area (Å²) in [6.07, 6.45) is -4.74. The molecule has 1 amide bonds. The molecule has 1 heterocycles. The molecule has 2 aromatic carbocycles. The number of anilines is 2. The van der Waals surface area contributed by atoms with Crippen LogP contribution in [-0.4, -0.2) is 17.3 Å². The highest BCUT2D eigenvalue weighted by Crippen LogP contribution is 2.26. The zero-order valence-electron chi connectivity index (χ0n) is 14.1. The summed E-state index contributed by atoms with van der Waals surface area (Å²) in [5.41, 5.74) is 1.64. The smallest absolute Gasteiger partial charge is 0.406 e. The van der Waals surface area contributed by atoms with Gasteiger partial charge in [-0.1, -0.05) is 23.7 Å².